The van der Waals surface area contributed by atoms with E-state index in [1.54, 1.807) is 0 Å². The highest BCUT2D eigenvalue weighted by molar-refractivity contribution is 7.72. The van der Waals surface area contributed by atoms with E-state index in [1.807, 2.05) is 0 Å². The van der Waals surface area contributed by atoms with E-state index in [4.69, 9.17) is 0 Å². The van der Waals surface area contributed by atoms with Gasteiger partial charge >= 0.3 is 0 Å². The van der Waals surface area contributed by atoms with Crippen LogP contribution in [0.1, 0.15) is 0 Å². The summed E-state index contributed by atoms with van der Waals surface area (Å²) in [6.07, 6.45) is 2.65. The molecule has 8 heavy (non-hydrogen) atoms. The number of H-pyrrole nitrogens is 1. The van der Waals surface area contributed by atoms with Crippen LogP contribution in [0.2, 0.25) is 0 Å². The summed E-state index contributed by atoms with van der Waals surface area (Å²) in [6, 6.07) is 0. The van der Waals surface area contributed by atoms with E-state index in [2.05, 4.69) is 9.97 Å². The van der Waals surface area contributed by atoms with Crippen molar-refractivity contribution in [2.75, 3.05) is 0 Å². The Morgan fingerprint density at radius 1 is 1.62 bits per heavy atom. The predicted molar refractivity (Wildman–Crippen MR) is 27.2 cm³/mol. The van der Waals surface area contributed by atoms with Crippen LogP contribution in [0.3, 0.4) is 0 Å². The molecule has 1 aromatic rings. The number of aromatic amines is 1. The van der Waals surface area contributed by atoms with Gasteiger partial charge in [0.25, 0.3) is 0 Å². The summed E-state index contributed by atoms with van der Waals surface area (Å²) in [5.74, 6) is 0. The van der Waals surface area contributed by atoms with Crippen LogP contribution >= 0.6 is 0 Å². The maximum atomic E-state index is 10.0. The number of nitrogens with one attached hydrogen (secondary N) is 1. The topological polar surface area (TPSA) is 62.8 Å². The Labute approximate surface area is 47.5 Å². The van der Waals surface area contributed by atoms with Crippen LogP contribution < -0.4 is 0 Å². The third-order valence-electron chi connectivity index (χ3n) is 0.671. The van der Waals surface area contributed by atoms with Gasteiger partial charge < -0.3 is 4.98 Å². The monoisotopic (exact) mass is 132 g/mol. The molecule has 5 heteroatoms. The second kappa shape index (κ2) is 1.95. The minimum Gasteiger partial charge on any atom is -0.350 e. The van der Waals surface area contributed by atoms with Gasteiger partial charge in [-0.2, -0.15) is 0 Å². The van der Waals surface area contributed by atoms with Gasteiger partial charge in [-0.15, -0.1) is 0 Å². The van der Waals surface area contributed by atoms with Crippen molar-refractivity contribution in [2.45, 2.75) is 5.03 Å². The summed E-state index contributed by atoms with van der Waals surface area (Å²) >= 11 is 0. The van der Waals surface area contributed by atoms with Crippen molar-refractivity contribution in [3.05, 3.63) is 12.5 Å². The lowest BCUT2D eigenvalue weighted by atomic mass is 11.0. The van der Waals surface area contributed by atoms with E-state index in [9.17, 15) is 8.42 Å². The third-order valence-corrected chi connectivity index (χ3v) is 1.29. The van der Waals surface area contributed by atoms with Crippen LogP contribution in [-0.2, 0) is 10.7 Å². The van der Waals surface area contributed by atoms with Crippen molar-refractivity contribution in [1.82, 2.24) is 9.97 Å². The fourth-order valence-electron chi connectivity index (χ4n) is 0.352. The van der Waals surface area contributed by atoms with Crippen LogP contribution in [0.4, 0.5) is 0 Å². The molecule has 0 atom stereocenters. The van der Waals surface area contributed by atoms with Crippen LogP contribution in [0, 0.1) is 0 Å². The largest absolute Gasteiger partial charge is 0.350 e. The molecule has 4 nitrogen and oxygen atoms in total. The summed E-state index contributed by atoms with van der Waals surface area (Å²) in [4.78, 5) is 5.98. The van der Waals surface area contributed by atoms with Crippen molar-refractivity contribution >= 4 is 10.7 Å². The van der Waals surface area contributed by atoms with Gasteiger partial charge in [-0.25, -0.2) is 13.4 Å². The normalized spacial score (nSPS) is 10.1. The van der Waals surface area contributed by atoms with Gasteiger partial charge in [0.1, 0.15) is 0 Å². The summed E-state index contributed by atoms with van der Waals surface area (Å²) in [7, 11) is -2.50. The highest BCUT2D eigenvalue weighted by Gasteiger charge is 1.91. The first-order chi connectivity index (χ1) is 3.80. The first-order valence-corrected chi connectivity index (χ1v) is 3.11. The molecule has 0 aliphatic heterocycles. The van der Waals surface area contributed by atoms with Gasteiger partial charge in [0, 0.05) is 6.20 Å². The molecule has 0 radical (unpaired) electrons. The highest BCUT2D eigenvalue weighted by Crippen LogP contribution is 1.88. The number of hydrogen-bond donors (Lipinski definition) is 2. The molecule has 1 heterocycles. The van der Waals surface area contributed by atoms with Crippen molar-refractivity contribution in [2.24, 2.45) is 0 Å². The zero-order valence-electron chi connectivity index (χ0n) is 3.87. The maximum absolute atomic E-state index is 10.0. The molecule has 0 unspecified atom stereocenters. The van der Waals surface area contributed by atoms with Crippen LogP contribution in [0.15, 0.2) is 17.6 Å². The Hall–Kier alpha value is -0.840. The molecule has 0 amide bonds. The molecule has 1 N–H and O–H groups in total. The number of imidazole rings is 1. The van der Waals surface area contributed by atoms with E-state index in [-0.39, 0.29) is 5.03 Å². The van der Waals surface area contributed by atoms with E-state index < -0.39 is 10.7 Å². The lowest BCUT2D eigenvalue weighted by molar-refractivity contribution is 0.612. The average Bonchev–Trinajstić information content (AvgIpc) is 2.12. The quantitative estimate of drug-likeness (QED) is 0.500. The molecule has 0 aliphatic rings. The zero-order valence-corrected chi connectivity index (χ0v) is 4.76. The summed E-state index contributed by atoms with van der Waals surface area (Å²) in [5, 5.41) is 0.0833. The number of aromatic nitrogens is 2. The van der Waals surface area contributed by atoms with E-state index in [0.717, 1.165) is 0 Å². The third kappa shape index (κ3) is 0.865. The van der Waals surface area contributed by atoms with Gasteiger partial charge in [-0.1, -0.05) is 0 Å². The highest BCUT2D eigenvalue weighted by atomic mass is 32.2. The molecule has 0 spiro atoms. The zero-order chi connectivity index (χ0) is 5.98. The van der Waals surface area contributed by atoms with E-state index >= 15 is 0 Å². The van der Waals surface area contributed by atoms with Crippen molar-refractivity contribution < 1.29 is 8.42 Å². The maximum Gasteiger partial charge on any atom is 0.187 e. The first-order valence-electron chi connectivity index (χ1n) is 1.94. The fourth-order valence-corrected chi connectivity index (χ4v) is 0.684. The average molecular weight is 132 g/mol. The minimum absolute atomic E-state index is 0.0833. The Morgan fingerprint density at radius 3 is 2.62 bits per heavy atom. The molecule has 44 valence electrons. The number of hydrogen-bond acceptors (Lipinski definition) is 3. The molecule has 0 aliphatic carbocycles. The SMILES string of the molecule is O=[SH](=O)c1c[nH]cn1. The van der Waals surface area contributed by atoms with Gasteiger partial charge in [-0.3, -0.25) is 0 Å². The van der Waals surface area contributed by atoms with Gasteiger partial charge in [0.2, 0.25) is 0 Å². The molecule has 0 fully saturated rings. The molecular formula is C3H4N2O2S. The molecule has 1 aromatic heterocycles. The summed E-state index contributed by atoms with van der Waals surface area (Å²) in [6.45, 7) is 0. The molecule has 0 aromatic carbocycles. The number of rotatable bonds is 1. The fraction of sp³-hybridized carbons (Fsp3) is 0. The number of nitrogens with zero attached hydrogens (tertiary/aromatic N) is 1. The van der Waals surface area contributed by atoms with Crippen LogP contribution in [-0.4, -0.2) is 18.4 Å². The van der Waals surface area contributed by atoms with Crippen molar-refractivity contribution in [1.29, 1.82) is 0 Å². The summed E-state index contributed by atoms with van der Waals surface area (Å²) in [5.41, 5.74) is 0. The van der Waals surface area contributed by atoms with Crippen LogP contribution in [0.25, 0.3) is 0 Å². The second-order valence-corrected chi connectivity index (χ2v) is 2.16. The predicted octanol–water partition coefficient (Wildman–Crippen LogP) is -0.620. The van der Waals surface area contributed by atoms with Gasteiger partial charge in [-0.05, 0) is 0 Å². The van der Waals surface area contributed by atoms with Gasteiger partial charge in [0.05, 0.1) is 6.33 Å². The Balaban J connectivity index is 3.11. The van der Waals surface area contributed by atoms with Crippen molar-refractivity contribution in [3.63, 3.8) is 0 Å². The lowest BCUT2D eigenvalue weighted by Gasteiger charge is -1.69. The van der Waals surface area contributed by atoms with Crippen LogP contribution in [0.5, 0.6) is 0 Å². The number of thiol groups is 1. The first kappa shape index (κ1) is 5.30. The standard InChI is InChI=1S/C3H4N2O2S/c6-8(7)3-1-4-2-5-3/h1-2,8H,(H,4,5). The van der Waals surface area contributed by atoms with E-state index in [1.165, 1.54) is 12.5 Å². The van der Waals surface area contributed by atoms with Gasteiger partial charge in [0.15, 0.2) is 15.7 Å². The summed E-state index contributed by atoms with van der Waals surface area (Å²) < 4.78 is 20.0. The lowest BCUT2D eigenvalue weighted by Crippen LogP contribution is -1.75. The van der Waals surface area contributed by atoms with E-state index in [0.29, 0.717) is 0 Å². The molecule has 0 saturated carbocycles. The van der Waals surface area contributed by atoms with Crippen molar-refractivity contribution in [3.8, 4) is 0 Å². The molecule has 0 saturated heterocycles. The smallest absolute Gasteiger partial charge is 0.187 e. The minimum atomic E-state index is -2.50. The Morgan fingerprint density at radius 2 is 2.38 bits per heavy atom. The Kier molecular flexibility index (Phi) is 1.29. The molecule has 0 bridgehead atoms. The Bertz CT molecular complexity index is 217. The molecular weight excluding hydrogens is 128 g/mol. The molecule has 1 rings (SSSR count). The second-order valence-electron chi connectivity index (χ2n) is 1.18.